The van der Waals surface area contributed by atoms with E-state index in [0.29, 0.717) is 19.4 Å². The Labute approximate surface area is 155 Å². The smallest absolute Gasteiger partial charge is 0.351 e. The molecule has 9 nitrogen and oxygen atoms in total. The van der Waals surface area contributed by atoms with Crippen LogP contribution in [-0.2, 0) is 16.0 Å². The molecule has 0 aliphatic carbocycles. The Balaban J connectivity index is 1.84. The number of aromatic nitrogens is 2. The van der Waals surface area contributed by atoms with E-state index in [4.69, 9.17) is 10.5 Å². The SMILES string of the molecule is Nc1nc(=O)n([C@H]2C[C@H](O)[C@@H](CO)O2)cc1N(C=O)CCc1ccccc1. The molecule has 1 aliphatic heterocycles. The number of nitrogen functional groups attached to an aromatic ring is 1. The van der Waals surface area contributed by atoms with Crippen LogP contribution >= 0.6 is 0 Å². The van der Waals surface area contributed by atoms with Crippen LogP contribution in [0.25, 0.3) is 0 Å². The molecule has 2 heterocycles. The number of hydrogen-bond donors (Lipinski definition) is 3. The first-order valence-electron chi connectivity index (χ1n) is 8.62. The van der Waals surface area contributed by atoms with Crippen molar-refractivity contribution in [1.29, 1.82) is 0 Å². The van der Waals surface area contributed by atoms with Gasteiger partial charge in [0.25, 0.3) is 0 Å². The molecule has 9 heteroatoms. The Hall–Kier alpha value is -2.75. The van der Waals surface area contributed by atoms with Gasteiger partial charge in [0, 0.05) is 19.2 Å². The van der Waals surface area contributed by atoms with Crippen LogP contribution in [0.3, 0.4) is 0 Å². The molecule has 1 fully saturated rings. The van der Waals surface area contributed by atoms with Gasteiger partial charge >= 0.3 is 5.69 Å². The van der Waals surface area contributed by atoms with E-state index in [1.807, 2.05) is 30.3 Å². The van der Waals surface area contributed by atoms with Gasteiger partial charge in [-0.25, -0.2) is 4.79 Å². The summed E-state index contributed by atoms with van der Waals surface area (Å²) >= 11 is 0. The molecule has 3 atom stereocenters. The Bertz CT molecular complexity index is 841. The van der Waals surface area contributed by atoms with Gasteiger partial charge in [0.15, 0.2) is 5.82 Å². The van der Waals surface area contributed by atoms with Crippen LogP contribution in [-0.4, -0.2) is 51.5 Å². The Kier molecular flexibility index (Phi) is 5.84. The highest BCUT2D eigenvalue weighted by Crippen LogP contribution is 2.29. The van der Waals surface area contributed by atoms with Crippen LogP contribution in [0.1, 0.15) is 18.2 Å². The molecule has 1 aromatic heterocycles. The quantitative estimate of drug-likeness (QED) is 0.566. The number of aliphatic hydroxyl groups is 2. The molecule has 3 rings (SSSR count). The fraction of sp³-hybridized carbons (Fsp3) is 0.389. The number of hydrogen-bond acceptors (Lipinski definition) is 7. The summed E-state index contributed by atoms with van der Waals surface area (Å²) in [6, 6.07) is 9.64. The maximum absolute atomic E-state index is 12.2. The van der Waals surface area contributed by atoms with Gasteiger partial charge in [-0.3, -0.25) is 9.36 Å². The largest absolute Gasteiger partial charge is 0.394 e. The fourth-order valence-corrected chi connectivity index (χ4v) is 3.07. The predicted octanol–water partition coefficient (Wildman–Crippen LogP) is -0.328. The number of aliphatic hydroxyl groups excluding tert-OH is 2. The van der Waals surface area contributed by atoms with Crippen molar-refractivity contribution in [1.82, 2.24) is 9.55 Å². The Morgan fingerprint density at radius 2 is 2.11 bits per heavy atom. The van der Waals surface area contributed by atoms with Crippen molar-refractivity contribution < 1.29 is 19.7 Å². The molecule has 0 spiro atoms. The van der Waals surface area contributed by atoms with Gasteiger partial charge in [0.05, 0.1) is 12.7 Å². The van der Waals surface area contributed by atoms with E-state index in [0.717, 1.165) is 5.56 Å². The van der Waals surface area contributed by atoms with Gasteiger partial charge in [-0.1, -0.05) is 30.3 Å². The second kappa shape index (κ2) is 8.30. The van der Waals surface area contributed by atoms with Crippen molar-refractivity contribution in [3.05, 3.63) is 52.6 Å². The normalized spacial score (nSPS) is 21.9. The summed E-state index contributed by atoms with van der Waals surface area (Å²) in [5.41, 5.74) is 6.54. The molecule has 27 heavy (non-hydrogen) atoms. The summed E-state index contributed by atoms with van der Waals surface area (Å²) in [6.45, 7) is -0.00970. The summed E-state index contributed by atoms with van der Waals surface area (Å²) in [7, 11) is 0. The molecular formula is C18H22N4O5. The Morgan fingerprint density at radius 3 is 2.74 bits per heavy atom. The van der Waals surface area contributed by atoms with Gasteiger partial charge < -0.3 is 25.6 Å². The number of amides is 1. The van der Waals surface area contributed by atoms with Crippen molar-refractivity contribution in [3.63, 3.8) is 0 Å². The zero-order chi connectivity index (χ0) is 19.4. The number of benzene rings is 1. The summed E-state index contributed by atoms with van der Waals surface area (Å²) < 4.78 is 6.69. The number of carbonyl (C=O) groups excluding carboxylic acids is 1. The van der Waals surface area contributed by atoms with E-state index in [1.54, 1.807) is 0 Å². The van der Waals surface area contributed by atoms with Crippen LogP contribution < -0.4 is 16.3 Å². The van der Waals surface area contributed by atoms with Crippen LogP contribution in [0.2, 0.25) is 0 Å². The van der Waals surface area contributed by atoms with Crippen molar-refractivity contribution >= 4 is 17.9 Å². The third-order valence-corrected chi connectivity index (χ3v) is 4.58. The molecule has 4 N–H and O–H groups in total. The van der Waals surface area contributed by atoms with E-state index in [9.17, 15) is 19.8 Å². The second-order valence-electron chi connectivity index (χ2n) is 6.35. The molecule has 1 saturated heterocycles. The fourth-order valence-electron chi connectivity index (χ4n) is 3.07. The number of nitrogens with two attached hydrogens (primary N) is 1. The Morgan fingerprint density at radius 1 is 1.37 bits per heavy atom. The lowest BCUT2D eigenvalue weighted by atomic mass is 10.1. The van der Waals surface area contributed by atoms with Crippen molar-refractivity contribution in [2.45, 2.75) is 31.3 Å². The number of ether oxygens (including phenoxy) is 1. The lowest BCUT2D eigenvalue weighted by Gasteiger charge is -2.21. The molecule has 1 aliphatic rings. The zero-order valence-electron chi connectivity index (χ0n) is 14.6. The highest BCUT2D eigenvalue weighted by atomic mass is 16.5. The number of carbonyl (C=O) groups is 1. The van der Waals surface area contributed by atoms with Gasteiger partial charge in [0.2, 0.25) is 6.41 Å². The molecule has 0 radical (unpaired) electrons. The molecule has 2 aromatic rings. The van der Waals surface area contributed by atoms with Gasteiger partial charge in [0.1, 0.15) is 18.0 Å². The van der Waals surface area contributed by atoms with E-state index in [2.05, 4.69) is 4.98 Å². The first kappa shape index (κ1) is 19.0. The zero-order valence-corrected chi connectivity index (χ0v) is 14.6. The van der Waals surface area contributed by atoms with Crippen LogP contribution in [0.15, 0.2) is 41.3 Å². The standard InChI is InChI=1S/C18H22N4O5/c19-17-13(21(11-24)7-6-12-4-2-1-3-5-12)9-22(18(26)20-17)16-8-14(25)15(10-23)27-16/h1-5,9,11,14-16,23,25H,6-8,10H2,(H2,19,20,26)/t14-,15+,16+/m0/s1. The topological polar surface area (TPSA) is 131 Å². The molecule has 0 bridgehead atoms. The number of nitrogens with zero attached hydrogens (tertiary/aromatic N) is 3. The van der Waals surface area contributed by atoms with E-state index in [1.165, 1.54) is 15.7 Å². The first-order valence-corrected chi connectivity index (χ1v) is 8.62. The van der Waals surface area contributed by atoms with Crippen molar-refractivity contribution in [3.8, 4) is 0 Å². The molecule has 0 saturated carbocycles. The second-order valence-corrected chi connectivity index (χ2v) is 6.35. The average Bonchev–Trinajstić information content (AvgIpc) is 3.05. The monoisotopic (exact) mass is 374 g/mol. The van der Waals surface area contributed by atoms with Crippen LogP contribution in [0.5, 0.6) is 0 Å². The van der Waals surface area contributed by atoms with Crippen LogP contribution in [0, 0.1) is 0 Å². The number of rotatable bonds is 7. The summed E-state index contributed by atoms with van der Waals surface area (Å²) in [5, 5.41) is 19.1. The average molecular weight is 374 g/mol. The highest BCUT2D eigenvalue weighted by Gasteiger charge is 2.35. The minimum absolute atomic E-state index is 0.0614. The number of anilines is 2. The van der Waals surface area contributed by atoms with E-state index >= 15 is 0 Å². The molecule has 144 valence electrons. The van der Waals surface area contributed by atoms with Crippen LogP contribution in [0.4, 0.5) is 11.5 Å². The van der Waals surface area contributed by atoms with Gasteiger partial charge in [-0.15, -0.1) is 0 Å². The third kappa shape index (κ3) is 4.16. The lowest BCUT2D eigenvalue weighted by molar-refractivity contribution is -0.107. The van der Waals surface area contributed by atoms with Crippen molar-refractivity contribution in [2.24, 2.45) is 0 Å². The third-order valence-electron chi connectivity index (χ3n) is 4.58. The summed E-state index contributed by atoms with van der Waals surface area (Å²) in [6.07, 6.45) is 0.299. The van der Waals surface area contributed by atoms with E-state index < -0.39 is 24.1 Å². The minimum atomic E-state index is -0.895. The highest BCUT2D eigenvalue weighted by molar-refractivity contribution is 5.80. The van der Waals surface area contributed by atoms with Crippen molar-refractivity contribution in [2.75, 3.05) is 23.8 Å². The first-order chi connectivity index (χ1) is 13.0. The van der Waals surface area contributed by atoms with Gasteiger partial charge in [-0.05, 0) is 12.0 Å². The maximum atomic E-state index is 12.2. The molecule has 1 amide bonds. The molecular weight excluding hydrogens is 352 g/mol. The summed E-state index contributed by atoms with van der Waals surface area (Å²) in [5.74, 6) is -0.0614. The predicted molar refractivity (Wildman–Crippen MR) is 98.1 cm³/mol. The molecule has 1 aromatic carbocycles. The summed E-state index contributed by atoms with van der Waals surface area (Å²) in [4.78, 5) is 29.0. The lowest BCUT2D eigenvalue weighted by Crippen LogP contribution is -2.32. The van der Waals surface area contributed by atoms with Gasteiger partial charge in [-0.2, -0.15) is 4.98 Å². The minimum Gasteiger partial charge on any atom is -0.394 e. The van der Waals surface area contributed by atoms with E-state index in [-0.39, 0.29) is 24.5 Å². The molecule has 0 unspecified atom stereocenters. The maximum Gasteiger partial charge on any atom is 0.351 e.